The number of likely N-dealkylation sites (tertiary alicyclic amines) is 1. The number of hydrogen-bond donors (Lipinski definition) is 4. The fourth-order valence-corrected chi connectivity index (χ4v) is 4.97. The molecule has 188 valence electrons. The highest BCUT2D eigenvalue weighted by atomic mass is 16.5. The summed E-state index contributed by atoms with van der Waals surface area (Å²) in [6.45, 7) is 11.8. The normalized spacial score (nSPS) is 27.8. The molecule has 1 aromatic carbocycles. The van der Waals surface area contributed by atoms with E-state index in [2.05, 4.69) is 29.4 Å². The van der Waals surface area contributed by atoms with E-state index in [1.807, 2.05) is 52.2 Å². The van der Waals surface area contributed by atoms with Gasteiger partial charge in [0.2, 0.25) is 0 Å². The molecule has 0 bridgehead atoms. The molecule has 8 heteroatoms. The summed E-state index contributed by atoms with van der Waals surface area (Å²) in [6.07, 6.45) is 4.46. The Morgan fingerprint density at radius 2 is 2.15 bits per heavy atom. The number of hydrogen-bond acceptors (Lipinski definition) is 6. The van der Waals surface area contributed by atoms with Crippen molar-refractivity contribution in [2.75, 3.05) is 26.7 Å². The number of allylic oxidation sites excluding steroid dienone is 1. The molecule has 8 nitrogen and oxygen atoms in total. The number of nitrogens with zero attached hydrogens (tertiary/aromatic N) is 2. The van der Waals surface area contributed by atoms with Crippen LogP contribution >= 0.6 is 0 Å². The molecule has 2 heterocycles. The summed E-state index contributed by atoms with van der Waals surface area (Å²) in [7, 11) is 1.95. The van der Waals surface area contributed by atoms with Crippen molar-refractivity contribution in [2.45, 2.75) is 76.6 Å². The number of amides is 1. The molecule has 1 amide bonds. The van der Waals surface area contributed by atoms with E-state index < -0.39 is 17.7 Å². The molecule has 4 atom stereocenters. The summed E-state index contributed by atoms with van der Waals surface area (Å²) in [5.74, 6) is 0.947. The third kappa shape index (κ3) is 4.93. The van der Waals surface area contributed by atoms with Crippen LogP contribution in [0.5, 0.6) is 5.75 Å². The van der Waals surface area contributed by atoms with Crippen molar-refractivity contribution in [1.82, 2.24) is 15.5 Å². The summed E-state index contributed by atoms with van der Waals surface area (Å²) in [5.41, 5.74) is 6.87. The van der Waals surface area contributed by atoms with Crippen LogP contribution in [0.1, 0.15) is 63.4 Å². The Labute approximate surface area is 203 Å². The number of aliphatic hydroxyl groups excluding tert-OH is 1. The highest BCUT2D eigenvalue weighted by molar-refractivity contribution is 5.97. The predicted octanol–water partition coefficient (Wildman–Crippen LogP) is 2.17. The van der Waals surface area contributed by atoms with E-state index in [4.69, 9.17) is 15.5 Å². The van der Waals surface area contributed by atoms with Crippen LogP contribution in [0.2, 0.25) is 0 Å². The molecule has 0 aromatic heterocycles. The second kappa shape index (κ2) is 10.4. The minimum atomic E-state index is -0.843. The molecule has 0 saturated carbocycles. The first-order valence-electron chi connectivity index (χ1n) is 12.2. The Bertz CT molecular complexity index is 944. The number of carbonyl (C=O) groups is 1. The lowest BCUT2D eigenvalue weighted by Crippen LogP contribution is -2.59. The summed E-state index contributed by atoms with van der Waals surface area (Å²) < 4.78 is 5.93. The molecule has 0 radical (unpaired) electrons. The molecular weight excluding hydrogens is 430 g/mol. The topological polar surface area (TPSA) is 112 Å². The average Bonchev–Trinajstić information content (AvgIpc) is 3.01. The lowest BCUT2D eigenvalue weighted by atomic mass is 9.79. The zero-order valence-electron chi connectivity index (χ0n) is 21.4. The number of para-hydroxylation sites is 1. The quantitative estimate of drug-likeness (QED) is 0.342. The van der Waals surface area contributed by atoms with E-state index in [1.165, 1.54) is 0 Å². The number of ether oxygens (including phenoxy) is 1. The van der Waals surface area contributed by atoms with Gasteiger partial charge in [-0.1, -0.05) is 39.0 Å². The lowest BCUT2D eigenvalue weighted by Gasteiger charge is -2.40. The standard InChI is InChI=1S/C26H41N5O3/c1-7-13-28-15-20(30-21(27)8-2)26(5)23(32)19(16-31(26)6)29-24(33)17-10-9-11-18-22(17)34-14-12-25(18,3)4/h7,9-11,13,19-20,23,28,32H,8,12,14-16H2,1-6H3,(H2,27,30)(H,29,33)/b13-7+/t19-,20?,23-,26+/m1/s1. The van der Waals surface area contributed by atoms with Gasteiger partial charge in [0.1, 0.15) is 5.75 Å². The monoisotopic (exact) mass is 471 g/mol. The van der Waals surface area contributed by atoms with Gasteiger partial charge in [0.05, 0.1) is 41.7 Å². The van der Waals surface area contributed by atoms with Gasteiger partial charge in [0.15, 0.2) is 0 Å². The third-order valence-electron chi connectivity index (χ3n) is 7.51. The van der Waals surface area contributed by atoms with E-state index in [9.17, 15) is 9.90 Å². The number of aliphatic imine (C=N–C) groups is 1. The Balaban J connectivity index is 1.84. The maximum Gasteiger partial charge on any atom is 0.255 e. The summed E-state index contributed by atoms with van der Waals surface area (Å²) >= 11 is 0. The van der Waals surface area contributed by atoms with E-state index in [-0.39, 0.29) is 17.4 Å². The van der Waals surface area contributed by atoms with Gasteiger partial charge in [-0.05, 0) is 45.0 Å². The first-order chi connectivity index (χ1) is 16.1. The van der Waals surface area contributed by atoms with Gasteiger partial charge in [-0.3, -0.25) is 14.7 Å². The van der Waals surface area contributed by atoms with Crippen molar-refractivity contribution in [3.05, 3.63) is 41.6 Å². The van der Waals surface area contributed by atoms with Crippen molar-refractivity contribution in [2.24, 2.45) is 10.7 Å². The van der Waals surface area contributed by atoms with Crippen LogP contribution in [0, 0.1) is 0 Å². The summed E-state index contributed by atoms with van der Waals surface area (Å²) in [4.78, 5) is 20.2. The molecule has 2 aliphatic heterocycles. The van der Waals surface area contributed by atoms with Gasteiger partial charge in [0.25, 0.3) is 5.91 Å². The Morgan fingerprint density at radius 3 is 2.82 bits per heavy atom. The Kier molecular flexibility index (Phi) is 7.93. The second-order valence-electron chi connectivity index (χ2n) is 10.2. The van der Waals surface area contributed by atoms with Gasteiger partial charge in [0, 0.05) is 25.1 Å². The molecule has 0 aliphatic carbocycles. The smallest absolute Gasteiger partial charge is 0.255 e. The van der Waals surface area contributed by atoms with Crippen molar-refractivity contribution in [3.63, 3.8) is 0 Å². The minimum Gasteiger partial charge on any atom is -0.492 e. The zero-order valence-corrected chi connectivity index (χ0v) is 21.4. The molecule has 0 spiro atoms. The Hall–Kier alpha value is -2.58. The molecule has 5 N–H and O–H groups in total. The molecule has 1 unspecified atom stereocenters. The Morgan fingerprint density at radius 1 is 1.41 bits per heavy atom. The van der Waals surface area contributed by atoms with Crippen LogP contribution in [0.3, 0.4) is 0 Å². The fraction of sp³-hybridized carbons (Fsp3) is 0.615. The molecule has 1 saturated heterocycles. The van der Waals surface area contributed by atoms with Crippen LogP contribution in [-0.4, -0.2) is 72.2 Å². The predicted molar refractivity (Wildman–Crippen MR) is 136 cm³/mol. The van der Waals surface area contributed by atoms with Crippen molar-refractivity contribution in [3.8, 4) is 5.75 Å². The average molecular weight is 472 g/mol. The highest BCUT2D eigenvalue weighted by Gasteiger charge is 2.53. The van der Waals surface area contributed by atoms with Gasteiger partial charge >= 0.3 is 0 Å². The molecule has 1 aromatic rings. The molecule has 34 heavy (non-hydrogen) atoms. The lowest BCUT2D eigenvalue weighted by molar-refractivity contribution is 0.0272. The van der Waals surface area contributed by atoms with E-state index in [1.54, 1.807) is 6.07 Å². The third-order valence-corrected chi connectivity index (χ3v) is 7.51. The van der Waals surface area contributed by atoms with E-state index in [0.717, 1.165) is 12.0 Å². The number of rotatable bonds is 8. The zero-order chi connectivity index (χ0) is 25.1. The van der Waals surface area contributed by atoms with Crippen molar-refractivity contribution in [1.29, 1.82) is 0 Å². The molecular formula is C26H41N5O3. The minimum absolute atomic E-state index is 0.0556. The number of fused-ring (bicyclic) bond motifs is 1. The van der Waals surface area contributed by atoms with Crippen molar-refractivity contribution < 1.29 is 14.6 Å². The first-order valence-corrected chi connectivity index (χ1v) is 12.2. The van der Waals surface area contributed by atoms with Crippen LogP contribution in [0.25, 0.3) is 0 Å². The number of aliphatic hydroxyl groups is 1. The molecule has 2 aliphatic rings. The summed E-state index contributed by atoms with van der Waals surface area (Å²) in [5, 5.41) is 17.8. The largest absolute Gasteiger partial charge is 0.492 e. The summed E-state index contributed by atoms with van der Waals surface area (Å²) in [6, 6.07) is 4.95. The van der Waals surface area contributed by atoms with Gasteiger partial charge in [-0.15, -0.1) is 0 Å². The first kappa shape index (κ1) is 26.0. The second-order valence-corrected chi connectivity index (χ2v) is 10.2. The van der Waals surface area contributed by atoms with Crippen LogP contribution in [-0.2, 0) is 5.41 Å². The number of nitrogens with one attached hydrogen (secondary N) is 2. The number of likely N-dealkylation sites (N-methyl/N-ethyl adjacent to an activating group) is 1. The molecule has 3 rings (SSSR count). The van der Waals surface area contributed by atoms with Crippen LogP contribution in [0.15, 0.2) is 35.5 Å². The fourth-order valence-electron chi connectivity index (χ4n) is 4.97. The van der Waals surface area contributed by atoms with Gasteiger partial charge < -0.3 is 26.2 Å². The van der Waals surface area contributed by atoms with E-state index in [0.29, 0.717) is 43.3 Å². The van der Waals surface area contributed by atoms with E-state index >= 15 is 0 Å². The van der Waals surface area contributed by atoms with Crippen molar-refractivity contribution >= 4 is 11.7 Å². The van der Waals surface area contributed by atoms with Crippen LogP contribution < -0.4 is 21.1 Å². The van der Waals surface area contributed by atoms with Crippen LogP contribution in [0.4, 0.5) is 0 Å². The molecule has 1 fully saturated rings. The maximum atomic E-state index is 13.4. The highest BCUT2D eigenvalue weighted by Crippen LogP contribution is 2.40. The number of benzene rings is 1. The SMILES string of the molecule is C/C=C/NCC(N=C(N)CC)[C@@]1(C)[C@H](O)[C@H](NC(=O)c2cccc3c2OCCC3(C)C)CN1C. The number of amidine groups is 1. The maximum absolute atomic E-state index is 13.4. The number of nitrogens with two attached hydrogens (primary N) is 1. The van der Waals surface area contributed by atoms with Gasteiger partial charge in [-0.2, -0.15) is 0 Å². The van der Waals surface area contributed by atoms with Gasteiger partial charge in [-0.25, -0.2) is 0 Å². The number of carbonyl (C=O) groups excluding carboxylic acids is 1.